The summed E-state index contributed by atoms with van der Waals surface area (Å²) in [5, 5.41) is 11.0. The van der Waals surface area contributed by atoms with Gasteiger partial charge in [-0.05, 0) is 42.7 Å². The van der Waals surface area contributed by atoms with Crippen LogP contribution in [0, 0.1) is 12.3 Å². The van der Waals surface area contributed by atoms with E-state index in [0.717, 1.165) is 19.3 Å². The second kappa shape index (κ2) is 6.06. The van der Waals surface area contributed by atoms with Gasteiger partial charge in [0.1, 0.15) is 0 Å². The van der Waals surface area contributed by atoms with Gasteiger partial charge in [0.05, 0.1) is 6.10 Å². The summed E-state index contributed by atoms with van der Waals surface area (Å²) in [5.41, 5.74) is 8.54. The van der Waals surface area contributed by atoms with Gasteiger partial charge in [0.15, 0.2) is 0 Å². The van der Waals surface area contributed by atoms with Gasteiger partial charge in [-0.2, -0.15) is 0 Å². The molecule has 3 N–H and O–H groups in total. The lowest BCUT2D eigenvalue weighted by Gasteiger charge is -2.38. The van der Waals surface area contributed by atoms with Crippen LogP contribution in [0.4, 0.5) is 0 Å². The average Bonchev–Trinajstić information content (AvgIpc) is 2.91. The number of benzene rings is 1. The van der Waals surface area contributed by atoms with Gasteiger partial charge in [0, 0.05) is 12.5 Å². The second-order valence-electron chi connectivity index (χ2n) is 6.07. The van der Waals surface area contributed by atoms with Crippen LogP contribution in [-0.2, 0) is 0 Å². The lowest BCUT2D eigenvalue weighted by atomic mass is 9.71. The Kier molecular flexibility index (Phi) is 4.64. The average molecular weight is 261 g/mol. The van der Waals surface area contributed by atoms with Gasteiger partial charge in [0.2, 0.25) is 0 Å². The molecule has 0 aliphatic heterocycles. The van der Waals surface area contributed by atoms with Crippen molar-refractivity contribution < 1.29 is 5.11 Å². The zero-order valence-electron chi connectivity index (χ0n) is 12.2. The molecule has 2 nitrogen and oxygen atoms in total. The van der Waals surface area contributed by atoms with E-state index in [0.29, 0.717) is 6.54 Å². The molecular formula is C17H27NO. The van der Waals surface area contributed by atoms with Crippen molar-refractivity contribution in [2.24, 2.45) is 11.1 Å². The molecule has 0 spiro atoms. The molecule has 0 aromatic heterocycles. The Bertz CT molecular complexity index is 409. The highest BCUT2D eigenvalue weighted by Gasteiger charge is 2.42. The smallest absolute Gasteiger partial charge is 0.0676 e. The number of hydrogen-bond acceptors (Lipinski definition) is 2. The van der Waals surface area contributed by atoms with Gasteiger partial charge in [-0.3, -0.25) is 0 Å². The third kappa shape index (κ3) is 2.70. The van der Waals surface area contributed by atoms with E-state index in [1.807, 2.05) is 12.1 Å². The van der Waals surface area contributed by atoms with Gasteiger partial charge >= 0.3 is 0 Å². The third-order valence-corrected chi connectivity index (χ3v) is 5.15. The zero-order valence-corrected chi connectivity index (χ0v) is 12.2. The lowest BCUT2D eigenvalue weighted by molar-refractivity contribution is 0.00587. The van der Waals surface area contributed by atoms with Crippen LogP contribution in [0.3, 0.4) is 0 Å². The predicted octanol–water partition coefficient (Wildman–Crippen LogP) is 3.37. The fourth-order valence-corrected chi connectivity index (χ4v) is 3.79. The predicted molar refractivity (Wildman–Crippen MR) is 80.2 cm³/mol. The summed E-state index contributed by atoms with van der Waals surface area (Å²) in [6, 6.07) is 8.32. The van der Waals surface area contributed by atoms with Crippen LogP contribution >= 0.6 is 0 Å². The van der Waals surface area contributed by atoms with Gasteiger partial charge in [-0.25, -0.2) is 0 Å². The summed E-state index contributed by atoms with van der Waals surface area (Å²) >= 11 is 0. The van der Waals surface area contributed by atoms with Crippen LogP contribution in [0.2, 0.25) is 0 Å². The maximum Gasteiger partial charge on any atom is 0.0676 e. The van der Waals surface area contributed by atoms with E-state index < -0.39 is 0 Å². The SMILES string of the molecule is CCC1(C(O)C(CN)c2ccccc2C)CCCC1. The first-order chi connectivity index (χ1) is 9.14. The highest BCUT2D eigenvalue weighted by atomic mass is 16.3. The minimum absolute atomic E-state index is 0.0687. The maximum atomic E-state index is 11.0. The molecule has 0 radical (unpaired) electrons. The zero-order chi connectivity index (χ0) is 13.9. The monoisotopic (exact) mass is 261 g/mol. The van der Waals surface area contributed by atoms with Crippen molar-refractivity contribution in [1.29, 1.82) is 0 Å². The topological polar surface area (TPSA) is 46.2 Å². The largest absolute Gasteiger partial charge is 0.392 e. The molecule has 1 aliphatic rings. The van der Waals surface area contributed by atoms with E-state index in [1.165, 1.54) is 24.0 Å². The molecule has 1 aromatic rings. The molecule has 1 aromatic carbocycles. The Balaban J connectivity index is 2.29. The Labute approximate surface area is 117 Å². The number of aliphatic hydroxyl groups is 1. The third-order valence-electron chi connectivity index (χ3n) is 5.15. The minimum Gasteiger partial charge on any atom is -0.392 e. The summed E-state index contributed by atoms with van der Waals surface area (Å²) in [4.78, 5) is 0. The molecule has 1 saturated carbocycles. The van der Waals surface area contributed by atoms with Crippen molar-refractivity contribution in [1.82, 2.24) is 0 Å². The fourth-order valence-electron chi connectivity index (χ4n) is 3.79. The van der Waals surface area contributed by atoms with Crippen LogP contribution < -0.4 is 5.73 Å². The number of aryl methyl sites for hydroxylation is 1. The highest BCUT2D eigenvalue weighted by Crippen LogP contribution is 2.47. The van der Waals surface area contributed by atoms with Crippen LogP contribution in [0.25, 0.3) is 0 Å². The van der Waals surface area contributed by atoms with Crippen molar-refractivity contribution in [3.8, 4) is 0 Å². The first-order valence-electron chi connectivity index (χ1n) is 7.58. The molecule has 0 amide bonds. The lowest BCUT2D eigenvalue weighted by Crippen LogP contribution is -2.40. The Morgan fingerprint density at radius 2 is 1.89 bits per heavy atom. The maximum absolute atomic E-state index is 11.0. The molecule has 2 rings (SSSR count). The van der Waals surface area contributed by atoms with Crippen molar-refractivity contribution in [2.75, 3.05) is 6.54 Å². The molecule has 2 heteroatoms. The first-order valence-corrected chi connectivity index (χ1v) is 7.58. The van der Waals surface area contributed by atoms with Crippen LogP contribution in [0.5, 0.6) is 0 Å². The number of hydrogen-bond donors (Lipinski definition) is 2. The number of rotatable bonds is 5. The molecule has 1 fully saturated rings. The molecule has 2 unspecified atom stereocenters. The standard InChI is InChI=1S/C17H27NO/c1-3-17(10-6-7-11-17)16(19)15(12-18)14-9-5-4-8-13(14)2/h4-5,8-9,15-16,19H,3,6-7,10-12,18H2,1-2H3. The number of aliphatic hydroxyl groups excluding tert-OH is 1. The van der Waals surface area contributed by atoms with Crippen molar-refractivity contribution in [3.05, 3.63) is 35.4 Å². The molecule has 0 saturated heterocycles. The Hall–Kier alpha value is -0.860. The van der Waals surface area contributed by atoms with Crippen molar-refractivity contribution in [2.45, 2.75) is 58.0 Å². The summed E-state index contributed by atoms with van der Waals surface area (Å²) in [6.45, 7) is 4.84. The molecule has 2 atom stereocenters. The molecule has 1 aliphatic carbocycles. The van der Waals surface area contributed by atoms with E-state index in [2.05, 4.69) is 26.0 Å². The van der Waals surface area contributed by atoms with Crippen LogP contribution in [-0.4, -0.2) is 17.8 Å². The van der Waals surface area contributed by atoms with Gasteiger partial charge in [0.25, 0.3) is 0 Å². The molecule has 19 heavy (non-hydrogen) atoms. The normalized spacial score (nSPS) is 21.3. The molecule has 0 bridgehead atoms. The molecule has 0 heterocycles. The van der Waals surface area contributed by atoms with E-state index in [-0.39, 0.29) is 17.4 Å². The van der Waals surface area contributed by atoms with Crippen molar-refractivity contribution >= 4 is 0 Å². The van der Waals surface area contributed by atoms with E-state index in [9.17, 15) is 5.11 Å². The second-order valence-corrected chi connectivity index (χ2v) is 6.07. The van der Waals surface area contributed by atoms with Crippen LogP contribution in [0.1, 0.15) is 56.1 Å². The quantitative estimate of drug-likeness (QED) is 0.853. The van der Waals surface area contributed by atoms with E-state index in [1.54, 1.807) is 0 Å². The Morgan fingerprint density at radius 1 is 1.26 bits per heavy atom. The fraction of sp³-hybridized carbons (Fsp3) is 0.647. The highest BCUT2D eigenvalue weighted by molar-refractivity contribution is 5.31. The Morgan fingerprint density at radius 3 is 2.42 bits per heavy atom. The summed E-state index contributed by atoms with van der Waals surface area (Å²) in [5.74, 6) is 0.0687. The first kappa shape index (κ1) is 14.5. The summed E-state index contributed by atoms with van der Waals surface area (Å²) in [7, 11) is 0. The van der Waals surface area contributed by atoms with Gasteiger partial charge in [-0.15, -0.1) is 0 Å². The number of nitrogens with two attached hydrogens (primary N) is 1. The van der Waals surface area contributed by atoms with Crippen LogP contribution in [0.15, 0.2) is 24.3 Å². The van der Waals surface area contributed by atoms with E-state index in [4.69, 9.17) is 5.73 Å². The summed E-state index contributed by atoms with van der Waals surface area (Å²) < 4.78 is 0. The van der Waals surface area contributed by atoms with Crippen molar-refractivity contribution in [3.63, 3.8) is 0 Å². The molecular weight excluding hydrogens is 234 g/mol. The van der Waals surface area contributed by atoms with Gasteiger partial charge in [-0.1, -0.05) is 44.0 Å². The minimum atomic E-state index is -0.314. The van der Waals surface area contributed by atoms with E-state index >= 15 is 0 Å². The van der Waals surface area contributed by atoms with Gasteiger partial charge < -0.3 is 10.8 Å². The summed E-state index contributed by atoms with van der Waals surface area (Å²) in [6.07, 6.45) is 5.52. The molecule has 106 valence electrons.